The molecule has 3 aromatic rings. The fourth-order valence-electron chi connectivity index (χ4n) is 5.39. The van der Waals surface area contributed by atoms with Crippen molar-refractivity contribution in [2.24, 2.45) is 0 Å². The van der Waals surface area contributed by atoms with E-state index in [0.717, 1.165) is 42.1 Å². The maximum Gasteiger partial charge on any atom is 0.273 e. The number of hydrogen-bond donors (Lipinski definition) is 2. The summed E-state index contributed by atoms with van der Waals surface area (Å²) in [5.41, 5.74) is 1.26. The summed E-state index contributed by atoms with van der Waals surface area (Å²) in [7, 11) is 0. The zero-order valence-electron chi connectivity index (χ0n) is 19.9. The standard InChI is InChI=1S/C27H29ClN4O3/c1-17(33)29-23-20-12-6-8-14-22(20)31-16-27(2,26(35)30-19-10-4-5-11-19)32(25(34)24(23)31)15-18-9-3-7-13-21(18)28/h3,6-9,12-14,19H,4-5,10-11,15-16H2,1-2H3,(H,29,33)(H,30,35)/t27-/m0/s1. The Kier molecular flexibility index (Phi) is 6.05. The van der Waals surface area contributed by atoms with E-state index in [9.17, 15) is 14.4 Å². The van der Waals surface area contributed by atoms with Crippen LogP contribution >= 0.6 is 11.6 Å². The normalized spacial score (nSPS) is 20.2. The Labute approximate surface area is 209 Å². The van der Waals surface area contributed by atoms with E-state index in [-0.39, 0.29) is 36.9 Å². The van der Waals surface area contributed by atoms with Crippen LogP contribution in [-0.4, -0.2) is 38.8 Å². The average Bonchev–Trinajstić information content (AvgIpc) is 3.44. The molecular weight excluding hydrogens is 464 g/mol. The maximum absolute atomic E-state index is 14.2. The van der Waals surface area contributed by atoms with Gasteiger partial charge in [0.25, 0.3) is 5.91 Å². The third-order valence-corrected chi connectivity index (χ3v) is 7.62. The molecule has 1 aliphatic carbocycles. The van der Waals surface area contributed by atoms with Gasteiger partial charge in [0.05, 0.1) is 17.7 Å². The minimum absolute atomic E-state index is 0.120. The lowest BCUT2D eigenvalue weighted by atomic mass is 9.93. The predicted octanol–water partition coefficient (Wildman–Crippen LogP) is 4.73. The molecule has 1 aliphatic heterocycles. The molecule has 1 fully saturated rings. The first kappa shape index (κ1) is 23.4. The molecule has 8 heteroatoms. The molecule has 182 valence electrons. The highest BCUT2D eigenvalue weighted by Gasteiger charge is 2.49. The van der Waals surface area contributed by atoms with Gasteiger partial charge in [0.15, 0.2) is 0 Å². The summed E-state index contributed by atoms with van der Waals surface area (Å²) >= 11 is 6.47. The van der Waals surface area contributed by atoms with Crippen molar-refractivity contribution in [2.75, 3.05) is 5.32 Å². The molecule has 0 spiro atoms. The molecule has 1 saturated carbocycles. The molecule has 1 atom stereocenters. The Morgan fingerprint density at radius 1 is 1.09 bits per heavy atom. The monoisotopic (exact) mass is 492 g/mol. The quantitative estimate of drug-likeness (QED) is 0.540. The molecule has 2 aromatic carbocycles. The number of fused-ring (bicyclic) bond motifs is 3. The van der Waals surface area contributed by atoms with Gasteiger partial charge >= 0.3 is 0 Å². The molecule has 5 rings (SSSR count). The zero-order valence-corrected chi connectivity index (χ0v) is 20.7. The van der Waals surface area contributed by atoms with Gasteiger partial charge in [-0.1, -0.05) is 60.8 Å². The van der Waals surface area contributed by atoms with E-state index in [1.54, 1.807) is 11.0 Å². The van der Waals surface area contributed by atoms with Crippen molar-refractivity contribution >= 4 is 45.9 Å². The minimum Gasteiger partial charge on any atom is -0.351 e. The van der Waals surface area contributed by atoms with Crippen LogP contribution in [-0.2, 0) is 22.7 Å². The van der Waals surface area contributed by atoms with Crippen molar-refractivity contribution in [3.8, 4) is 0 Å². The Hall–Kier alpha value is -3.32. The van der Waals surface area contributed by atoms with E-state index in [1.165, 1.54) is 6.92 Å². The number of halogens is 1. The number of para-hydroxylation sites is 1. The number of nitrogens with one attached hydrogen (secondary N) is 2. The molecule has 7 nitrogen and oxygen atoms in total. The highest BCUT2D eigenvalue weighted by atomic mass is 35.5. The Morgan fingerprint density at radius 3 is 2.49 bits per heavy atom. The molecule has 35 heavy (non-hydrogen) atoms. The van der Waals surface area contributed by atoms with Crippen molar-refractivity contribution in [3.05, 3.63) is 64.8 Å². The van der Waals surface area contributed by atoms with Crippen molar-refractivity contribution in [3.63, 3.8) is 0 Å². The highest BCUT2D eigenvalue weighted by molar-refractivity contribution is 6.31. The van der Waals surface area contributed by atoms with Crippen LogP contribution in [0.25, 0.3) is 10.9 Å². The smallest absolute Gasteiger partial charge is 0.273 e. The molecule has 0 bridgehead atoms. The number of hydrogen-bond acceptors (Lipinski definition) is 3. The van der Waals surface area contributed by atoms with Crippen LogP contribution in [0, 0.1) is 0 Å². The molecule has 3 amide bonds. The van der Waals surface area contributed by atoms with E-state index < -0.39 is 5.54 Å². The lowest BCUT2D eigenvalue weighted by Crippen LogP contribution is -2.64. The zero-order chi connectivity index (χ0) is 24.7. The molecule has 0 radical (unpaired) electrons. The van der Waals surface area contributed by atoms with Gasteiger partial charge in [0, 0.05) is 29.9 Å². The molecular formula is C27H29ClN4O3. The van der Waals surface area contributed by atoms with Crippen LogP contribution in [0.3, 0.4) is 0 Å². The number of nitrogens with zero attached hydrogens (tertiary/aromatic N) is 2. The number of carbonyl (C=O) groups is 3. The van der Waals surface area contributed by atoms with Crippen LogP contribution < -0.4 is 10.6 Å². The van der Waals surface area contributed by atoms with E-state index in [1.807, 2.05) is 54.0 Å². The van der Waals surface area contributed by atoms with Gasteiger partial charge in [0.1, 0.15) is 11.2 Å². The van der Waals surface area contributed by atoms with Crippen LogP contribution in [0.2, 0.25) is 5.02 Å². The maximum atomic E-state index is 14.2. The van der Waals surface area contributed by atoms with Gasteiger partial charge in [-0.3, -0.25) is 14.4 Å². The number of anilines is 1. The number of aromatic nitrogens is 1. The Bertz CT molecular complexity index is 1330. The summed E-state index contributed by atoms with van der Waals surface area (Å²) in [5, 5.41) is 7.37. The van der Waals surface area contributed by atoms with E-state index in [4.69, 9.17) is 11.6 Å². The number of amides is 3. The summed E-state index contributed by atoms with van der Waals surface area (Å²) in [6.45, 7) is 3.68. The molecule has 0 unspecified atom stereocenters. The lowest BCUT2D eigenvalue weighted by Gasteiger charge is -2.44. The minimum atomic E-state index is -1.15. The second-order valence-corrected chi connectivity index (χ2v) is 10.1. The Balaban J connectivity index is 1.65. The molecule has 1 aromatic heterocycles. The largest absolute Gasteiger partial charge is 0.351 e. The van der Waals surface area contributed by atoms with E-state index >= 15 is 0 Å². The lowest BCUT2D eigenvalue weighted by molar-refractivity contribution is -0.133. The Morgan fingerprint density at radius 2 is 1.77 bits per heavy atom. The molecule has 2 aliphatic rings. The summed E-state index contributed by atoms with van der Waals surface area (Å²) in [5.74, 6) is -0.753. The highest BCUT2D eigenvalue weighted by Crippen LogP contribution is 2.40. The van der Waals surface area contributed by atoms with Gasteiger partial charge in [-0.15, -0.1) is 0 Å². The summed E-state index contributed by atoms with van der Waals surface area (Å²) in [6.07, 6.45) is 4.09. The van der Waals surface area contributed by atoms with E-state index in [0.29, 0.717) is 16.4 Å². The van der Waals surface area contributed by atoms with Crippen LogP contribution in [0.1, 0.15) is 55.6 Å². The first-order valence-corrected chi connectivity index (χ1v) is 12.4. The SMILES string of the molecule is CC(=O)Nc1c2n(c3ccccc13)C[C@@](C)(C(=O)NC1CCCC1)N(Cc1ccccc1Cl)C2=O. The van der Waals surface area contributed by atoms with Crippen LogP contribution in [0.4, 0.5) is 5.69 Å². The molecule has 0 saturated heterocycles. The predicted molar refractivity (Wildman–Crippen MR) is 136 cm³/mol. The van der Waals surface area contributed by atoms with Gasteiger partial charge in [0.2, 0.25) is 11.8 Å². The molecule has 2 heterocycles. The number of carbonyl (C=O) groups excluding carboxylic acids is 3. The van der Waals surface area contributed by atoms with Crippen molar-refractivity contribution in [1.29, 1.82) is 0 Å². The third-order valence-electron chi connectivity index (χ3n) is 7.25. The topological polar surface area (TPSA) is 83.4 Å². The average molecular weight is 493 g/mol. The fourth-order valence-corrected chi connectivity index (χ4v) is 5.58. The summed E-state index contributed by atoms with van der Waals surface area (Å²) in [4.78, 5) is 41.7. The first-order chi connectivity index (χ1) is 16.8. The van der Waals surface area contributed by atoms with Crippen LogP contribution in [0.15, 0.2) is 48.5 Å². The third kappa shape index (κ3) is 4.08. The van der Waals surface area contributed by atoms with Gasteiger partial charge in [-0.2, -0.15) is 0 Å². The summed E-state index contributed by atoms with van der Waals surface area (Å²) in [6, 6.07) is 15.0. The first-order valence-electron chi connectivity index (χ1n) is 12.0. The van der Waals surface area contributed by atoms with Gasteiger partial charge in [-0.05, 0) is 37.5 Å². The van der Waals surface area contributed by atoms with Crippen LogP contribution in [0.5, 0.6) is 0 Å². The number of benzene rings is 2. The fraction of sp³-hybridized carbons (Fsp3) is 0.370. The van der Waals surface area contributed by atoms with Crippen molar-refractivity contribution in [2.45, 2.75) is 64.2 Å². The van der Waals surface area contributed by atoms with Crippen molar-refractivity contribution in [1.82, 2.24) is 14.8 Å². The second-order valence-electron chi connectivity index (χ2n) is 9.72. The van der Waals surface area contributed by atoms with E-state index in [2.05, 4.69) is 10.6 Å². The number of rotatable bonds is 5. The van der Waals surface area contributed by atoms with Gasteiger partial charge < -0.3 is 20.1 Å². The van der Waals surface area contributed by atoms with Gasteiger partial charge in [-0.25, -0.2) is 0 Å². The second kappa shape index (κ2) is 9.04. The molecule has 2 N–H and O–H groups in total. The van der Waals surface area contributed by atoms with Crippen molar-refractivity contribution < 1.29 is 14.4 Å². The summed E-state index contributed by atoms with van der Waals surface area (Å²) < 4.78 is 1.88.